The summed E-state index contributed by atoms with van der Waals surface area (Å²) in [4.78, 5) is 15.5. The number of halogens is 2. The summed E-state index contributed by atoms with van der Waals surface area (Å²) in [5.41, 5.74) is 1.71. The van der Waals surface area contributed by atoms with Crippen LogP contribution in [-0.4, -0.2) is 17.6 Å². The quantitative estimate of drug-likeness (QED) is 0.482. The van der Waals surface area contributed by atoms with Gasteiger partial charge in [0.25, 0.3) is 0 Å². The van der Waals surface area contributed by atoms with Gasteiger partial charge in [-0.2, -0.15) is 0 Å². The first-order valence-electron chi connectivity index (χ1n) is 6.89. The third-order valence-electron chi connectivity index (χ3n) is 2.78. The second-order valence-electron chi connectivity index (χ2n) is 4.53. The molecule has 0 aliphatic rings. The smallest absolute Gasteiger partial charge is 0.407 e. The van der Waals surface area contributed by atoms with Gasteiger partial charge in [-0.3, -0.25) is 0 Å². The zero-order chi connectivity index (χ0) is 16.5. The molecule has 1 aromatic carbocycles. The maximum atomic E-state index is 11.5. The summed E-state index contributed by atoms with van der Waals surface area (Å²) in [5.74, 6) is 5.93. The summed E-state index contributed by atoms with van der Waals surface area (Å²) < 4.78 is 5.88. The zero-order valence-corrected chi connectivity index (χ0v) is 14.5. The molecule has 0 atom stereocenters. The van der Waals surface area contributed by atoms with E-state index >= 15 is 0 Å². The fraction of sp³-hybridized carbons (Fsp3) is 0.176. The highest BCUT2D eigenvalue weighted by Crippen LogP contribution is 2.17. The number of nitrogens with one attached hydrogen (secondary N) is 1. The lowest BCUT2D eigenvalue weighted by molar-refractivity contribution is 0.140. The molecule has 23 heavy (non-hydrogen) atoms. The van der Waals surface area contributed by atoms with Gasteiger partial charge in [-0.05, 0) is 27.6 Å². The van der Waals surface area contributed by atoms with Crippen LogP contribution in [0.15, 0.2) is 47.1 Å². The molecule has 1 aromatic heterocycles. The first kappa shape index (κ1) is 17.3. The van der Waals surface area contributed by atoms with Crippen LogP contribution in [0.3, 0.4) is 0 Å². The molecule has 1 amide bonds. The van der Waals surface area contributed by atoms with Crippen LogP contribution < -0.4 is 5.32 Å². The molecule has 0 aliphatic carbocycles. The van der Waals surface area contributed by atoms with Crippen LogP contribution in [0, 0.1) is 11.8 Å². The van der Waals surface area contributed by atoms with E-state index in [0.29, 0.717) is 18.1 Å². The molecule has 0 bridgehead atoms. The molecular formula is C17H14BrClN2O2. The Morgan fingerprint density at radius 1 is 1.35 bits per heavy atom. The van der Waals surface area contributed by atoms with Gasteiger partial charge in [-0.1, -0.05) is 53.8 Å². The van der Waals surface area contributed by atoms with E-state index in [9.17, 15) is 4.79 Å². The molecule has 1 heterocycles. The number of hydrogen-bond acceptors (Lipinski definition) is 3. The predicted molar refractivity (Wildman–Crippen MR) is 93.1 cm³/mol. The third kappa shape index (κ3) is 6.31. The minimum atomic E-state index is -0.455. The topological polar surface area (TPSA) is 51.2 Å². The highest BCUT2D eigenvalue weighted by Gasteiger charge is 2.01. The van der Waals surface area contributed by atoms with Crippen molar-refractivity contribution in [1.82, 2.24) is 10.3 Å². The van der Waals surface area contributed by atoms with Crippen molar-refractivity contribution in [3.8, 4) is 11.8 Å². The molecule has 1 N–H and O–H groups in total. The summed E-state index contributed by atoms with van der Waals surface area (Å²) in [5, 5.41) is 3.04. The van der Waals surface area contributed by atoms with Gasteiger partial charge in [0.1, 0.15) is 11.8 Å². The van der Waals surface area contributed by atoms with Crippen molar-refractivity contribution in [3.63, 3.8) is 0 Å². The summed E-state index contributed by atoms with van der Waals surface area (Å²) in [6, 6.07) is 11.2. The molecule has 2 aromatic rings. The standard InChI is InChI=1S/C17H14BrClN2O2/c18-15-11-21-16(19)10-14(15)8-4-5-9-20-17(22)23-12-13-6-2-1-3-7-13/h1-3,6-7,10-11H,5,9,12H2,(H,20,22). The highest BCUT2D eigenvalue weighted by molar-refractivity contribution is 9.10. The average Bonchev–Trinajstić information content (AvgIpc) is 2.56. The Kier molecular flexibility index (Phi) is 6.92. The maximum absolute atomic E-state index is 11.5. The Morgan fingerprint density at radius 3 is 2.91 bits per heavy atom. The van der Waals surface area contributed by atoms with E-state index in [0.717, 1.165) is 15.6 Å². The van der Waals surface area contributed by atoms with Crippen molar-refractivity contribution in [1.29, 1.82) is 0 Å². The third-order valence-corrected chi connectivity index (χ3v) is 3.62. The molecule has 2 rings (SSSR count). The van der Waals surface area contributed by atoms with E-state index in [2.05, 4.69) is 38.1 Å². The summed E-state index contributed by atoms with van der Waals surface area (Å²) in [6.45, 7) is 0.665. The van der Waals surface area contributed by atoms with Crippen LogP contribution in [-0.2, 0) is 11.3 Å². The highest BCUT2D eigenvalue weighted by atomic mass is 79.9. The van der Waals surface area contributed by atoms with Gasteiger partial charge < -0.3 is 10.1 Å². The van der Waals surface area contributed by atoms with E-state index in [-0.39, 0.29) is 6.61 Å². The number of ether oxygens (including phenoxy) is 1. The van der Waals surface area contributed by atoms with Crippen molar-refractivity contribution in [2.24, 2.45) is 0 Å². The van der Waals surface area contributed by atoms with Crippen LogP contribution in [0.2, 0.25) is 5.15 Å². The van der Waals surface area contributed by atoms with Crippen LogP contribution in [0.5, 0.6) is 0 Å². The second kappa shape index (κ2) is 9.19. The van der Waals surface area contributed by atoms with Crippen molar-refractivity contribution in [3.05, 3.63) is 63.3 Å². The Hall–Kier alpha value is -2.03. The molecule has 0 unspecified atom stereocenters. The number of aromatic nitrogens is 1. The molecule has 118 valence electrons. The largest absolute Gasteiger partial charge is 0.445 e. The molecular weight excluding hydrogens is 380 g/mol. The lowest BCUT2D eigenvalue weighted by Crippen LogP contribution is -2.24. The number of carbonyl (C=O) groups excluding carboxylic acids is 1. The predicted octanol–water partition coefficient (Wildman–Crippen LogP) is 4.17. The van der Waals surface area contributed by atoms with Gasteiger partial charge in [0.15, 0.2) is 0 Å². The lowest BCUT2D eigenvalue weighted by Gasteiger charge is -2.05. The fourth-order valence-electron chi connectivity index (χ4n) is 1.67. The molecule has 0 spiro atoms. The van der Waals surface area contributed by atoms with Gasteiger partial charge in [0, 0.05) is 24.7 Å². The first-order chi connectivity index (χ1) is 11.1. The van der Waals surface area contributed by atoms with Gasteiger partial charge >= 0.3 is 6.09 Å². The van der Waals surface area contributed by atoms with Crippen molar-refractivity contribution in [2.75, 3.05) is 6.54 Å². The molecule has 6 heteroatoms. The van der Waals surface area contributed by atoms with E-state index < -0.39 is 6.09 Å². The lowest BCUT2D eigenvalue weighted by atomic mass is 10.2. The van der Waals surface area contributed by atoms with Crippen molar-refractivity contribution in [2.45, 2.75) is 13.0 Å². The Bertz CT molecular complexity index is 726. The van der Waals surface area contributed by atoms with Crippen LogP contribution >= 0.6 is 27.5 Å². The number of amides is 1. The summed E-state index contributed by atoms with van der Waals surface area (Å²) >= 11 is 9.16. The number of benzene rings is 1. The van der Waals surface area contributed by atoms with E-state index in [1.165, 1.54) is 0 Å². The number of hydrogen-bond donors (Lipinski definition) is 1. The van der Waals surface area contributed by atoms with Crippen LogP contribution in [0.25, 0.3) is 0 Å². The van der Waals surface area contributed by atoms with Crippen LogP contribution in [0.1, 0.15) is 17.5 Å². The minimum absolute atomic E-state index is 0.251. The maximum Gasteiger partial charge on any atom is 0.407 e. The first-order valence-corrected chi connectivity index (χ1v) is 8.07. The Morgan fingerprint density at radius 2 is 2.13 bits per heavy atom. The molecule has 0 radical (unpaired) electrons. The Labute approximate surface area is 148 Å². The second-order valence-corrected chi connectivity index (χ2v) is 5.77. The fourth-order valence-corrected chi connectivity index (χ4v) is 2.14. The van der Waals surface area contributed by atoms with Crippen molar-refractivity contribution >= 4 is 33.6 Å². The number of alkyl carbamates (subject to hydrolysis) is 1. The molecule has 0 fully saturated rings. The van der Waals surface area contributed by atoms with Gasteiger partial charge in [0.05, 0.1) is 4.47 Å². The minimum Gasteiger partial charge on any atom is -0.445 e. The molecule has 0 saturated carbocycles. The summed E-state index contributed by atoms with van der Waals surface area (Å²) in [7, 11) is 0. The van der Waals surface area contributed by atoms with Gasteiger partial charge in [0.2, 0.25) is 0 Å². The average molecular weight is 394 g/mol. The molecule has 0 saturated heterocycles. The van der Waals surface area contributed by atoms with E-state index in [1.54, 1.807) is 12.3 Å². The van der Waals surface area contributed by atoms with E-state index in [1.807, 2.05) is 30.3 Å². The molecule has 0 aliphatic heterocycles. The number of rotatable bonds is 4. The van der Waals surface area contributed by atoms with E-state index in [4.69, 9.17) is 16.3 Å². The number of pyridine rings is 1. The number of nitrogens with zero attached hydrogens (tertiary/aromatic N) is 1. The zero-order valence-electron chi connectivity index (χ0n) is 12.2. The monoisotopic (exact) mass is 392 g/mol. The van der Waals surface area contributed by atoms with Crippen LogP contribution in [0.4, 0.5) is 4.79 Å². The Balaban J connectivity index is 1.70. The van der Waals surface area contributed by atoms with Gasteiger partial charge in [-0.15, -0.1) is 0 Å². The number of carbonyl (C=O) groups is 1. The normalized spacial score (nSPS) is 9.65. The SMILES string of the molecule is O=C(NCCC#Cc1cc(Cl)ncc1Br)OCc1ccccc1. The molecule has 4 nitrogen and oxygen atoms in total. The summed E-state index contributed by atoms with van der Waals surface area (Å²) in [6.07, 6.45) is 1.65. The van der Waals surface area contributed by atoms with Gasteiger partial charge in [-0.25, -0.2) is 9.78 Å². The van der Waals surface area contributed by atoms with Crippen molar-refractivity contribution < 1.29 is 9.53 Å².